The lowest BCUT2D eigenvalue weighted by Crippen LogP contribution is -2.09. The van der Waals surface area contributed by atoms with E-state index in [-0.39, 0.29) is 5.91 Å². The van der Waals surface area contributed by atoms with Gasteiger partial charge in [-0.25, -0.2) is 0 Å². The summed E-state index contributed by atoms with van der Waals surface area (Å²) in [4.78, 5) is 15.3. The molecule has 5 nitrogen and oxygen atoms in total. The zero-order valence-corrected chi connectivity index (χ0v) is 9.51. The quantitative estimate of drug-likeness (QED) is 0.877. The number of amides is 1. The number of carbonyl (C=O) groups excluding carboxylic acids is 1. The van der Waals surface area contributed by atoms with Gasteiger partial charge >= 0.3 is 0 Å². The smallest absolute Gasteiger partial charge is 0.231 e. The minimum atomic E-state index is -0.0682. The number of anilines is 1. The van der Waals surface area contributed by atoms with Crippen LogP contribution in [0.5, 0.6) is 0 Å². The molecule has 0 aromatic carbocycles. The Morgan fingerprint density at radius 2 is 2.41 bits per heavy atom. The number of hydrogen-bond donors (Lipinski definition) is 1. The van der Waals surface area contributed by atoms with Gasteiger partial charge in [0, 0.05) is 30.4 Å². The SMILES string of the molecule is CCCC(=O)Nc1cc(-c2cccnc2)no1. The van der Waals surface area contributed by atoms with E-state index < -0.39 is 0 Å². The van der Waals surface area contributed by atoms with Gasteiger partial charge in [0.2, 0.25) is 11.8 Å². The number of aromatic nitrogens is 2. The largest absolute Gasteiger partial charge is 0.338 e. The summed E-state index contributed by atoms with van der Waals surface area (Å²) in [7, 11) is 0. The molecule has 1 amide bonds. The maximum absolute atomic E-state index is 11.3. The molecule has 0 aliphatic carbocycles. The Bertz CT molecular complexity index is 493. The molecular weight excluding hydrogens is 218 g/mol. The van der Waals surface area contributed by atoms with E-state index in [2.05, 4.69) is 15.5 Å². The number of hydrogen-bond acceptors (Lipinski definition) is 4. The van der Waals surface area contributed by atoms with Gasteiger partial charge in [-0.2, -0.15) is 0 Å². The van der Waals surface area contributed by atoms with Gasteiger partial charge in [-0.3, -0.25) is 15.1 Å². The van der Waals surface area contributed by atoms with E-state index in [1.807, 2.05) is 19.1 Å². The molecule has 5 heteroatoms. The highest BCUT2D eigenvalue weighted by atomic mass is 16.5. The summed E-state index contributed by atoms with van der Waals surface area (Å²) in [5.74, 6) is 0.295. The lowest BCUT2D eigenvalue weighted by molar-refractivity contribution is -0.116. The second-order valence-electron chi connectivity index (χ2n) is 3.62. The van der Waals surface area contributed by atoms with Crippen molar-refractivity contribution in [2.45, 2.75) is 19.8 Å². The van der Waals surface area contributed by atoms with Gasteiger partial charge in [0.1, 0.15) is 5.69 Å². The van der Waals surface area contributed by atoms with E-state index in [1.54, 1.807) is 18.5 Å². The van der Waals surface area contributed by atoms with Crippen molar-refractivity contribution < 1.29 is 9.32 Å². The van der Waals surface area contributed by atoms with Crippen molar-refractivity contribution in [1.82, 2.24) is 10.1 Å². The zero-order valence-electron chi connectivity index (χ0n) is 9.51. The average Bonchev–Trinajstić information content (AvgIpc) is 2.79. The van der Waals surface area contributed by atoms with Crippen LogP contribution in [-0.2, 0) is 4.79 Å². The Balaban J connectivity index is 2.09. The molecule has 2 aromatic rings. The molecule has 0 aliphatic heterocycles. The van der Waals surface area contributed by atoms with Gasteiger partial charge in [0.25, 0.3) is 0 Å². The maximum Gasteiger partial charge on any atom is 0.231 e. The third-order valence-corrected chi connectivity index (χ3v) is 2.21. The molecule has 0 unspecified atom stereocenters. The van der Waals surface area contributed by atoms with Crippen LogP contribution in [0, 0.1) is 0 Å². The normalized spacial score (nSPS) is 10.2. The first-order valence-electron chi connectivity index (χ1n) is 5.46. The number of rotatable bonds is 4. The Hall–Kier alpha value is -2.17. The van der Waals surface area contributed by atoms with Crippen LogP contribution in [0.1, 0.15) is 19.8 Å². The van der Waals surface area contributed by atoms with E-state index in [1.165, 1.54) is 0 Å². The van der Waals surface area contributed by atoms with E-state index in [0.717, 1.165) is 12.0 Å². The summed E-state index contributed by atoms with van der Waals surface area (Å²) in [6.45, 7) is 1.95. The Kier molecular flexibility index (Phi) is 3.49. The number of nitrogens with one attached hydrogen (secondary N) is 1. The molecule has 0 bridgehead atoms. The average molecular weight is 231 g/mol. The zero-order chi connectivity index (χ0) is 12.1. The predicted octanol–water partition coefficient (Wildman–Crippen LogP) is 2.48. The summed E-state index contributed by atoms with van der Waals surface area (Å²) in [5, 5.41) is 6.51. The lowest BCUT2D eigenvalue weighted by atomic mass is 10.2. The standard InChI is InChI=1S/C12H13N3O2/c1-2-4-11(16)14-12-7-10(15-17-12)9-5-3-6-13-8-9/h3,5-8H,2,4H2,1H3,(H,14,16). The maximum atomic E-state index is 11.3. The molecule has 0 radical (unpaired) electrons. The van der Waals surface area contributed by atoms with E-state index in [0.29, 0.717) is 18.0 Å². The van der Waals surface area contributed by atoms with Crippen LogP contribution in [0.3, 0.4) is 0 Å². The highest BCUT2D eigenvalue weighted by molar-refractivity contribution is 5.89. The first kappa shape index (κ1) is 11.3. The Morgan fingerprint density at radius 1 is 1.53 bits per heavy atom. The molecule has 0 atom stereocenters. The number of pyridine rings is 1. The molecule has 0 saturated carbocycles. The topological polar surface area (TPSA) is 68.0 Å². The second-order valence-corrected chi connectivity index (χ2v) is 3.62. The van der Waals surface area contributed by atoms with E-state index in [9.17, 15) is 4.79 Å². The van der Waals surface area contributed by atoms with Crippen LogP contribution >= 0.6 is 0 Å². The molecule has 88 valence electrons. The molecule has 2 aromatic heterocycles. The molecule has 1 N–H and O–H groups in total. The van der Waals surface area contributed by atoms with Crippen molar-refractivity contribution in [2.24, 2.45) is 0 Å². The third kappa shape index (κ3) is 2.90. The van der Waals surface area contributed by atoms with Gasteiger partial charge in [0.15, 0.2) is 0 Å². The molecule has 17 heavy (non-hydrogen) atoms. The van der Waals surface area contributed by atoms with Crippen molar-refractivity contribution >= 4 is 11.8 Å². The van der Waals surface area contributed by atoms with Crippen LogP contribution in [0.15, 0.2) is 35.1 Å². The van der Waals surface area contributed by atoms with Crippen LogP contribution in [0.4, 0.5) is 5.88 Å². The summed E-state index contributed by atoms with van der Waals surface area (Å²) >= 11 is 0. The third-order valence-electron chi connectivity index (χ3n) is 2.21. The molecule has 2 rings (SSSR count). The minimum absolute atomic E-state index is 0.0682. The van der Waals surface area contributed by atoms with Crippen LogP contribution in [0.25, 0.3) is 11.3 Å². The van der Waals surface area contributed by atoms with Crippen molar-refractivity contribution in [3.63, 3.8) is 0 Å². The number of carbonyl (C=O) groups is 1. The highest BCUT2D eigenvalue weighted by Crippen LogP contribution is 2.20. The van der Waals surface area contributed by atoms with Gasteiger partial charge in [-0.05, 0) is 18.6 Å². The molecule has 0 aliphatic rings. The summed E-state index contributed by atoms with van der Waals surface area (Å²) < 4.78 is 5.03. The van der Waals surface area contributed by atoms with Crippen molar-refractivity contribution in [1.29, 1.82) is 0 Å². The summed E-state index contributed by atoms with van der Waals surface area (Å²) in [6, 6.07) is 5.38. The highest BCUT2D eigenvalue weighted by Gasteiger charge is 2.08. The Labute approximate surface area is 98.8 Å². The second kappa shape index (κ2) is 5.25. The fourth-order valence-corrected chi connectivity index (χ4v) is 1.41. The van der Waals surface area contributed by atoms with Crippen LogP contribution < -0.4 is 5.32 Å². The van der Waals surface area contributed by atoms with Crippen molar-refractivity contribution in [3.05, 3.63) is 30.6 Å². The fraction of sp³-hybridized carbons (Fsp3) is 0.250. The van der Waals surface area contributed by atoms with Crippen LogP contribution in [0.2, 0.25) is 0 Å². The Morgan fingerprint density at radius 3 is 3.12 bits per heavy atom. The van der Waals surface area contributed by atoms with Gasteiger partial charge in [-0.15, -0.1) is 0 Å². The molecule has 0 fully saturated rings. The molecule has 0 saturated heterocycles. The van der Waals surface area contributed by atoms with Gasteiger partial charge < -0.3 is 4.52 Å². The predicted molar refractivity (Wildman–Crippen MR) is 63.3 cm³/mol. The summed E-state index contributed by atoms with van der Waals surface area (Å²) in [6.07, 6.45) is 4.65. The monoisotopic (exact) mass is 231 g/mol. The minimum Gasteiger partial charge on any atom is -0.338 e. The molecule has 2 heterocycles. The van der Waals surface area contributed by atoms with Crippen LogP contribution in [-0.4, -0.2) is 16.0 Å². The number of nitrogens with zero attached hydrogens (tertiary/aromatic N) is 2. The van der Waals surface area contributed by atoms with Gasteiger partial charge in [-0.1, -0.05) is 12.1 Å². The van der Waals surface area contributed by atoms with E-state index in [4.69, 9.17) is 4.52 Å². The van der Waals surface area contributed by atoms with Crippen molar-refractivity contribution in [2.75, 3.05) is 5.32 Å². The van der Waals surface area contributed by atoms with E-state index >= 15 is 0 Å². The first-order valence-corrected chi connectivity index (χ1v) is 5.46. The first-order chi connectivity index (χ1) is 8.29. The fourth-order valence-electron chi connectivity index (χ4n) is 1.41. The molecule has 0 spiro atoms. The van der Waals surface area contributed by atoms with Crippen molar-refractivity contribution in [3.8, 4) is 11.3 Å². The lowest BCUT2D eigenvalue weighted by Gasteiger charge is -1.96. The molecular formula is C12H13N3O2. The summed E-state index contributed by atoms with van der Waals surface area (Å²) in [5.41, 5.74) is 1.51. The van der Waals surface area contributed by atoms with Gasteiger partial charge in [0.05, 0.1) is 0 Å².